The normalized spacial score (nSPS) is 22.0. The van der Waals surface area contributed by atoms with E-state index in [-0.39, 0.29) is 0 Å². The van der Waals surface area contributed by atoms with Gasteiger partial charge in [0, 0.05) is 18.1 Å². The molecule has 0 aromatic carbocycles. The first kappa shape index (κ1) is 12.9. The molecule has 2 aromatic heterocycles. The average molecular weight is 292 g/mol. The van der Waals surface area contributed by atoms with Gasteiger partial charge in [-0.25, -0.2) is 9.31 Å². The fourth-order valence-corrected chi connectivity index (χ4v) is 3.51. The van der Waals surface area contributed by atoms with Gasteiger partial charge in [0.1, 0.15) is 5.54 Å². The molecule has 0 spiro atoms. The molecule has 1 saturated heterocycles. The highest BCUT2D eigenvalue weighted by Gasteiger charge is 2.43. The Hall–Kier alpha value is -2.09. The van der Waals surface area contributed by atoms with Crippen molar-refractivity contribution in [3.8, 4) is 0 Å². The van der Waals surface area contributed by atoms with Crippen LogP contribution >= 0.6 is 11.8 Å². The van der Waals surface area contributed by atoms with Crippen LogP contribution in [0.1, 0.15) is 16.8 Å². The Labute approximate surface area is 118 Å². The molecule has 3 heterocycles. The molecule has 0 radical (unpaired) electrons. The number of amides is 1. The molecule has 3 rings (SSSR count). The number of hydrogen-bond donors (Lipinski definition) is 2. The fraction of sp³-hybridized carbons (Fsp3) is 0.333. The van der Waals surface area contributed by atoms with Crippen molar-refractivity contribution in [1.82, 2.24) is 19.9 Å². The second kappa shape index (κ2) is 4.78. The van der Waals surface area contributed by atoms with Gasteiger partial charge >= 0.3 is 5.97 Å². The first-order chi connectivity index (χ1) is 9.62. The van der Waals surface area contributed by atoms with E-state index in [9.17, 15) is 14.7 Å². The minimum atomic E-state index is -1.18. The summed E-state index contributed by atoms with van der Waals surface area (Å²) in [7, 11) is 0. The first-order valence-corrected chi connectivity index (χ1v) is 7.19. The molecule has 2 N–H and O–H groups in total. The van der Waals surface area contributed by atoms with Crippen molar-refractivity contribution < 1.29 is 14.7 Å². The van der Waals surface area contributed by atoms with E-state index >= 15 is 0 Å². The van der Waals surface area contributed by atoms with Crippen LogP contribution in [0.4, 0.5) is 0 Å². The topological polar surface area (TPSA) is 96.6 Å². The van der Waals surface area contributed by atoms with Crippen LogP contribution in [-0.2, 0) is 4.79 Å². The largest absolute Gasteiger partial charge is 0.479 e. The Morgan fingerprint density at radius 3 is 3.00 bits per heavy atom. The van der Waals surface area contributed by atoms with Crippen molar-refractivity contribution in [2.75, 3.05) is 11.5 Å². The summed E-state index contributed by atoms with van der Waals surface area (Å²) in [4.78, 5) is 27.7. The van der Waals surface area contributed by atoms with Gasteiger partial charge in [-0.1, -0.05) is 0 Å². The summed E-state index contributed by atoms with van der Waals surface area (Å²) in [6.07, 6.45) is 6.57. The third-order valence-electron chi connectivity index (χ3n) is 3.35. The lowest BCUT2D eigenvalue weighted by Crippen LogP contribution is -2.54. The number of hydrogen-bond acceptors (Lipinski definition) is 5. The summed E-state index contributed by atoms with van der Waals surface area (Å²) in [6.45, 7) is 0. The van der Waals surface area contributed by atoms with Crippen molar-refractivity contribution in [2.45, 2.75) is 12.0 Å². The number of carbonyl (C=O) groups is 2. The highest BCUT2D eigenvalue weighted by Crippen LogP contribution is 2.28. The first-order valence-electron chi connectivity index (χ1n) is 6.03. The van der Waals surface area contributed by atoms with Crippen LogP contribution in [0.15, 0.2) is 24.8 Å². The Balaban J connectivity index is 1.91. The van der Waals surface area contributed by atoms with Gasteiger partial charge in [0.05, 0.1) is 23.5 Å². The zero-order chi connectivity index (χ0) is 14.2. The summed E-state index contributed by atoms with van der Waals surface area (Å²) >= 11 is 1.52. The van der Waals surface area contributed by atoms with Crippen molar-refractivity contribution in [3.05, 3.63) is 30.4 Å². The minimum Gasteiger partial charge on any atom is -0.479 e. The number of aromatic nitrogens is 3. The quantitative estimate of drug-likeness (QED) is 0.851. The summed E-state index contributed by atoms with van der Waals surface area (Å²) in [5, 5.41) is 16.1. The fourth-order valence-electron chi connectivity index (χ4n) is 2.18. The van der Waals surface area contributed by atoms with Crippen LogP contribution in [0.3, 0.4) is 0 Å². The lowest BCUT2D eigenvalue weighted by Gasteiger charge is -2.24. The number of carboxylic acids is 1. The minimum absolute atomic E-state index is 0.329. The van der Waals surface area contributed by atoms with Crippen LogP contribution in [-0.4, -0.2) is 48.6 Å². The van der Waals surface area contributed by atoms with Crippen LogP contribution in [0.25, 0.3) is 5.52 Å². The van der Waals surface area contributed by atoms with E-state index in [1.165, 1.54) is 28.7 Å². The molecule has 104 valence electrons. The van der Waals surface area contributed by atoms with E-state index in [1.54, 1.807) is 12.4 Å². The molecule has 8 heteroatoms. The summed E-state index contributed by atoms with van der Waals surface area (Å²) in [5.41, 5.74) is -0.301. The third-order valence-corrected chi connectivity index (χ3v) is 4.54. The molecule has 0 aliphatic carbocycles. The number of aliphatic carboxylic acids is 1. The Kier molecular flexibility index (Phi) is 3.09. The zero-order valence-corrected chi connectivity index (χ0v) is 11.3. The number of carboxylic acid groups (broad SMARTS) is 1. The van der Waals surface area contributed by atoms with Gasteiger partial charge in [-0.15, -0.1) is 0 Å². The second-order valence-electron chi connectivity index (χ2n) is 4.61. The monoisotopic (exact) mass is 292 g/mol. The Morgan fingerprint density at radius 1 is 1.45 bits per heavy atom. The molecule has 20 heavy (non-hydrogen) atoms. The molecule has 1 fully saturated rings. The van der Waals surface area contributed by atoms with Crippen molar-refractivity contribution in [3.63, 3.8) is 0 Å². The van der Waals surface area contributed by atoms with Gasteiger partial charge in [0.25, 0.3) is 5.91 Å². The predicted molar refractivity (Wildman–Crippen MR) is 72.8 cm³/mol. The van der Waals surface area contributed by atoms with Gasteiger partial charge in [-0.05, 0) is 12.2 Å². The summed E-state index contributed by atoms with van der Waals surface area (Å²) in [5.74, 6) is -0.322. The number of carbonyl (C=O) groups excluding carboxylic acids is 1. The van der Waals surface area contributed by atoms with E-state index in [0.717, 1.165) is 5.75 Å². The van der Waals surface area contributed by atoms with Gasteiger partial charge in [0.2, 0.25) is 0 Å². The van der Waals surface area contributed by atoms with E-state index in [2.05, 4.69) is 15.4 Å². The lowest BCUT2D eigenvalue weighted by atomic mass is 9.98. The number of fused-ring (bicyclic) bond motifs is 1. The smallest absolute Gasteiger partial charge is 0.330 e. The maximum absolute atomic E-state index is 12.3. The van der Waals surface area contributed by atoms with Crippen LogP contribution in [0.5, 0.6) is 0 Å². The van der Waals surface area contributed by atoms with Gasteiger partial charge in [0.15, 0.2) is 0 Å². The van der Waals surface area contributed by atoms with Crippen LogP contribution < -0.4 is 5.32 Å². The molecule has 0 saturated carbocycles. The highest BCUT2D eigenvalue weighted by atomic mass is 32.2. The van der Waals surface area contributed by atoms with E-state index in [0.29, 0.717) is 23.3 Å². The maximum atomic E-state index is 12.3. The second-order valence-corrected chi connectivity index (χ2v) is 5.71. The lowest BCUT2D eigenvalue weighted by molar-refractivity contribution is -0.143. The van der Waals surface area contributed by atoms with E-state index < -0.39 is 17.4 Å². The van der Waals surface area contributed by atoms with Crippen molar-refractivity contribution in [2.24, 2.45) is 0 Å². The third kappa shape index (κ3) is 2.01. The Bertz CT molecular complexity index is 678. The SMILES string of the molecule is O=C(NC1(C(=O)O)CCSC1)c1cnn2ccncc12. The molecule has 1 amide bonds. The van der Waals surface area contributed by atoms with Crippen LogP contribution in [0.2, 0.25) is 0 Å². The Morgan fingerprint density at radius 2 is 2.30 bits per heavy atom. The summed E-state index contributed by atoms with van der Waals surface area (Å²) < 4.78 is 1.53. The zero-order valence-electron chi connectivity index (χ0n) is 10.4. The number of thioether (sulfide) groups is 1. The number of nitrogens with zero attached hydrogens (tertiary/aromatic N) is 3. The molecule has 1 unspecified atom stereocenters. The van der Waals surface area contributed by atoms with Gasteiger partial charge < -0.3 is 10.4 Å². The number of nitrogens with one attached hydrogen (secondary N) is 1. The predicted octanol–water partition coefficient (Wildman–Crippen LogP) is 0.419. The molecule has 2 aromatic rings. The molecule has 1 aliphatic rings. The maximum Gasteiger partial charge on any atom is 0.330 e. The van der Waals surface area contributed by atoms with E-state index in [4.69, 9.17) is 0 Å². The highest BCUT2D eigenvalue weighted by molar-refractivity contribution is 7.99. The molecular formula is C12H12N4O3S. The molecule has 1 atom stereocenters. The molecule has 7 nitrogen and oxygen atoms in total. The standard InChI is InChI=1S/C12H12N4O3S/c17-10(15-12(11(18)19)1-4-20-7-12)8-5-14-16-3-2-13-6-9(8)16/h2-3,5-6H,1,4,7H2,(H,15,17)(H,18,19). The number of rotatable bonds is 3. The van der Waals surface area contributed by atoms with Crippen molar-refractivity contribution in [1.29, 1.82) is 0 Å². The average Bonchev–Trinajstić information content (AvgIpc) is 3.05. The van der Waals surface area contributed by atoms with E-state index in [1.807, 2.05) is 0 Å². The molecular weight excluding hydrogens is 280 g/mol. The summed E-state index contributed by atoms with van der Waals surface area (Å²) in [6, 6.07) is 0. The molecule has 1 aliphatic heterocycles. The van der Waals surface area contributed by atoms with Gasteiger partial charge in [-0.2, -0.15) is 16.9 Å². The van der Waals surface area contributed by atoms with Gasteiger partial charge in [-0.3, -0.25) is 9.78 Å². The van der Waals surface area contributed by atoms with Crippen molar-refractivity contribution >= 4 is 29.2 Å². The van der Waals surface area contributed by atoms with Crippen LogP contribution in [0, 0.1) is 0 Å². The molecule has 0 bridgehead atoms.